The molecule has 0 bridgehead atoms. The normalized spacial score (nSPS) is 11.4. The van der Waals surface area contributed by atoms with Crippen LogP contribution < -0.4 is 10.7 Å². The molecule has 0 aliphatic rings. The van der Waals surface area contributed by atoms with Crippen molar-refractivity contribution in [2.75, 3.05) is 6.54 Å². The third kappa shape index (κ3) is 5.78. The molecule has 0 radical (unpaired) electrons. The standard InChI is InChI=1S/C17H12ClF4N3O2/c18-12-2-1-3-13(19)15(12)16(27)23-9-14(26)25-24-8-10-4-6-11(7-5-10)17(20,21)22/h1-8H,9H2,(H,23,27)(H,25,26)/b24-8-. The number of amides is 2. The van der Waals surface area contributed by atoms with Crippen LogP contribution in [0.3, 0.4) is 0 Å². The Morgan fingerprint density at radius 1 is 1.11 bits per heavy atom. The van der Waals surface area contributed by atoms with E-state index in [-0.39, 0.29) is 10.6 Å². The molecule has 27 heavy (non-hydrogen) atoms. The molecule has 5 nitrogen and oxygen atoms in total. The minimum atomic E-state index is -4.44. The Labute approximate surface area is 156 Å². The predicted molar refractivity (Wildman–Crippen MR) is 90.9 cm³/mol. The number of benzene rings is 2. The first-order valence-corrected chi connectivity index (χ1v) is 7.77. The summed E-state index contributed by atoms with van der Waals surface area (Å²) >= 11 is 5.74. The lowest BCUT2D eigenvalue weighted by molar-refractivity contribution is -0.137. The van der Waals surface area contributed by atoms with Crippen molar-refractivity contribution in [2.24, 2.45) is 5.10 Å². The summed E-state index contributed by atoms with van der Waals surface area (Å²) in [6.07, 6.45) is -3.31. The zero-order valence-electron chi connectivity index (χ0n) is 13.5. The van der Waals surface area contributed by atoms with Crippen molar-refractivity contribution in [2.45, 2.75) is 6.18 Å². The molecule has 10 heteroatoms. The SMILES string of the molecule is O=C(CNC(=O)c1c(F)cccc1Cl)N/N=C\c1ccc(C(F)(F)F)cc1. The average Bonchev–Trinajstić information content (AvgIpc) is 2.59. The summed E-state index contributed by atoms with van der Waals surface area (Å²) in [5.74, 6) is -2.43. The maximum atomic E-state index is 13.6. The molecule has 2 aromatic carbocycles. The van der Waals surface area contributed by atoms with Crippen molar-refractivity contribution in [3.05, 3.63) is 70.0 Å². The van der Waals surface area contributed by atoms with Gasteiger partial charge < -0.3 is 5.32 Å². The van der Waals surface area contributed by atoms with Crippen LogP contribution in [0, 0.1) is 5.82 Å². The summed E-state index contributed by atoms with van der Waals surface area (Å²) < 4.78 is 50.9. The fourth-order valence-corrected chi connectivity index (χ4v) is 2.19. The molecule has 0 aromatic heterocycles. The first-order valence-electron chi connectivity index (χ1n) is 7.40. The Hall–Kier alpha value is -2.94. The van der Waals surface area contributed by atoms with Crippen LogP contribution in [0.4, 0.5) is 17.6 Å². The van der Waals surface area contributed by atoms with E-state index in [0.717, 1.165) is 24.4 Å². The topological polar surface area (TPSA) is 70.6 Å². The quantitative estimate of drug-likeness (QED) is 0.458. The number of hydrazone groups is 1. The highest BCUT2D eigenvalue weighted by Crippen LogP contribution is 2.28. The Kier molecular flexibility index (Phi) is 6.51. The second-order valence-corrected chi connectivity index (χ2v) is 5.60. The van der Waals surface area contributed by atoms with Crippen LogP contribution in [0.25, 0.3) is 0 Å². The molecule has 0 atom stereocenters. The van der Waals surface area contributed by atoms with Gasteiger partial charge in [-0.05, 0) is 29.8 Å². The molecule has 0 fully saturated rings. The summed E-state index contributed by atoms with van der Waals surface area (Å²) in [5, 5.41) is 5.64. The Balaban J connectivity index is 1.86. The Morgan fingerprint density at radius 2 is 1.78 bits per heavy atom. The van der Waals surface area contributed by atoms with Gasteiger partial charge in [0.15, 0.2) is 0 Å². The van der Waals surface area contributed by atoms with Crippen molar-refractivity contribution < 1.29 is 27.2 Å². The van der Waals surface area contributed by atoms with Crippen LogP contribution in [0.1, 0.15) is 21.5 Å². The zero-order chi connectivity index (χ0) is 20.0. The van der Waals surface area contributed by atoms with Gasteiger partial charge in [-0.25, -0.2) is 9.82 Å². The van der Waals surface area contributed by atoms with Crippen LogP contribution in [0.5, 0.6) is 0 Å². The molecule has 0 aliphatic heterocycles. The van der Waals surface area contributed by atoms with E-state index >= 15 is 0 Å². The lowest BCUT2D eigenvalue weighted by Crippen LogP contribution is -2.35. The highest BCUT2D eigenvalue weighted by Gasteiger charge is 2.29. The predicted octanol–water partition coefficient (Wildman–Crippen LogP) is 3.38. The third-order valence-corrected chi connectivity index (χ3v) is 3.56. The molecule has 2 aromatic rings. The second-order valence-electron chi connectivity index (χ2n) is 5.19. The van der Waals surface area contributed by atoms with E-state index in [2.05, 4.69) is 15.8 Å². The zero-order valence-corrected chi connectivity index (χ0v) is 14.2. The number of halogens is 5. The number of hydrogen-bond acceptors (Lipinski definition) is 3. The molecule has 2 amide bonds. The molecule has 0 aliphatic carbocycles. The fraction of sp³-hybridized carbons (Fsp3) is 0.118. The van der Waals surface area contributed by atoms with Gasteiger partial charge >= 0.3 is 6.18 Å². The Bertz CT molecular complexity index is 847. The molecule has 0 spiro atoms. The van der Waals surface area contributed by atoms with Crippen molar-refractivity contribution in [1.29, 1.82) is 0 Å². The van der Waals surface area contributed by atoms with Gasteiger partial charge in [0.25, 0.3) is 11.8 Å². The monoisotopic (exact) mass is 401 g/mol. The van der Waals surface area contributed by atoms with Gasteiger partial charge in [0, 0.05) is 0 Å². The second kappa shape index (κ2) is 8.63. The summed E-state index contributed by atoms with van der Waals surface area (Å²) in [6.45, 7) is -0.506. The molecule has 2 N–H and O–H groups in total. The maximum absolute atomic E-state index is 13.6. The number of nitrogens with one attached hydrogen (secondary N) is 2. The number of hydrogen-bond donors (Lipinski definition) is 2. The summed E-state index contributed by atoms with van der Waals surface area (Å²) in [7, 11) is 0. The maximum Gasteiger partial charge on any atom is 0.416 e. The largest absolute Gasteiger partial charge is 0.416 e. The first kappa shape index (κ1) is 20.4. The van der Waals surface area contributed by atoms with Gasteiger partial charge in [-0.2, -0.15) is 18.3 Å². The average molecular weight is 402 g/mol. The third-order valence-electron chi connectivity index (χ3n) is 3.24. The van der Waals surface area contributed by atoms with Gasteiger partial charge in [-0.3, -0.25) is 9.59 Å². The number of carbonyl (C=O) groups excluding carboxylic acids is 2. The molecular weight excluding hydrogens is 390 g/mol. The van der Waals surface area contributed by atoms with Crippen LogP contribution in [0.2, 0.25) is 5.02 Å². The van der Waals surface area contributed by atoms with Crippen LogP contribution in [0.15, 0.2) is 47.6 Å². The highest BCUT2D eigenvalue weighted by atomic mass is 35.5. The Morgan fingerprint density at radius 3 is 2.37 bits per heavy atom. The van der Waals surface area contributed by atoms with Crippen molar-refractivity contribution in [3.8, 4) is 0 Å². The van der Waals surface area contributed by atoms with E-state index in [0.29, 0.717) is 5.56 Å². The van der Waals surface area contributed by atoms with Crippen LogP contribution in [-0.2, 0) is 11.0 Å². The molecule has 142 valence electrons. The van der Waals surface area contributed by atoms with Crippen molar-refractivity contribution >= 4 is 29.6 Å². The van der Waals surface area contributed by atoms with E-state index in [1.54, 1.807) is 0 Å². The van der Waals surface area contributed by atoms with Gasteiger partial charge in [0.05, 0.1) is 28.9 Å². The number of alkyl halides is 3. The summed E-state index contributed by atoms with van der Waals surface area (Å²) in [6, 6.07) is 7.82. The van der Waals surface area contributed by atoms with Gasteiger partial charge in [0.1, 0.15) is 5.82 Å². The minimum absolute atomic E-state index is 0.103. The lowest BCUT2D eigenvalue weighted by atomic mass is 10.1. The number of carbonyl (C=O) groups is 2. The minimum Gasteiger partial charge on any atom is -0.343 e. The van der Waals surface area contributed by atoms with Gasteiger partial charge in [-0.1, -0.05) is 29.8 Å². The molecule has 0 heterocycles. The van der Waals surface area contributed by atoms with Crippen LogP contribution >= 0.6 is 11.6 Å². The number of nitrogens with zero attached hydrogens (tertiary/aromatic N) is 1. The smallest absolute Gasteiger partial charge is 0.343 e. The molecule has 0 saturated heterocycles. The van der Waals surface area contributed by atoms with Crippen molar-refractivity contribution in [3.63, 3.8) is 0 Å². The van der Waals surface area contributed by atoms with Gasteiger partial charge in [0.2, 0.25) is 0 Å². The van der Waals surface area contributed by atoms with E-state index in [9.17, 15) is 27.2 Å². The van der Waals surface area contributed by atoms with E-state index in [1.165, 1.54) is 24.3 Å². The molecule has 2 rings (SSSR count). The highest BCUT2D eigenvalue weighted by molar-refractivity contribution is 6.33. The lowest BCUT2D eigenvalue weighted by Gasteiger charge is -2.07. The molecular formula is C17H12ClF4N3O2. The van der Waals surface area contributed by atoms with Crippen molar-refractivity contribution in [1.82, 2.24) is 10.7 Å². The summed E-state index contributed by atoms with van der Waals surface area (Å²) in [5.41, 5.74) is 1.21. The van der Waals surface area contributed by atoms with Crippen LogP contribution in [-0.4, -0.2) is 24.6 Å². The fourth-order valence-electron chi connectivity index (χ4n) is 1.94. The number of rotatable bonds is 5. The summed E-state index contributed by atoms with van der Waals surface area (Å²) in [4.78, 5) is 23.5. The van der Waals surface area contributed by atoms with Gasteiger partial charge in [-0.15, -0.1) is 0 Å². The molecule has 0 saturated carbocycles. The van der Waals surface area contributed by atoms with E-state index < -0.39 is 35.9 Å². The van der Waals surface area contributed by atoms with E-state index in [4.69, 9.17) is 11.6 Å². The first-order chi connectivity index (χ1) is 12.7. The molecule has 0 unspecified atom stereocenters. The van der Waals surface area contributed by atoms with E-state index in [1.807, 2.05) is 0 Å².